The molecular formula is C33H24BrClN4. The number of tetrazole rings is 1. The summed E-state index contributed by atoms with van der Waals surface area (Å²) in [7, 11) is 0. The zero-order valence-corrected chi connectivity index (χ0v) is 23.3. The first-order chi connectivity index (χ1) is 19.2. The summed E-state index contributed by atoms with van der Waals surface area (Å²) in [6.45, 7) is 0. The molecule has 1 aromatic heterocycles. The molecule has 6 heteroatoms. The van der Waals surface area contributed by atoms with Crippen molar-refractivity contribution in [3.63, 3.8) is 0 Å². The Labute approximate surface area is 241 Å². The van der Waals surface area contributed by atoms with Crippen molar-refractivity contribution in [1.82, 2.24) is 20.2 Å². The topological polar surface area (TPSA) is 43.6 Å². The zero-order chi connectivity index (χ0) is 26.7. The second-order valence-corrected chi connectivity index (χ2v) is 10.2. The lowest BCUT2D eigenvalue weighted by Crippen LogP contribution is -2.39. The van der Waals surface area contributed by atoms with E-state index in [2.05, 4.69) is 123 Å². The summed E-state index contributed by atoms with van der Waals surface area (Å²) in [5.41, 5.74) is 6.40. The quantitative estimate of drug-likeness (QED) is 0.138. The molecule has 0 saturated carbocycles. The van der Waals surface area contributed by atoms with Crippen LogP contribution in [0.1, 0.15) is 22.3 Å². The van der Waals surface area contributed by atoms with E-state index in [4.69, 9.17) is 16.8 Å². The third-order valence-corrected chi connectivity index (χ3v) is 7.89. The summed E-state index contributed by atoms with van der Waals surface area (Å²) >= 11 is 10.1. The smallest absolute Gasteiger partial charge is 0.184 e. The first-order valence-electron chi connectivity index (χ1n) is 12.6. The van der Waals surface area contributed by atoms with Crippen molar-refractivity contribution in [3.05, 3.63) is 161 Å². The molecule has 0 bridgehead atoms. The van der Waals surface area contributed by atoms with Gasteiger partial charge in [0.2, 0.25) is 0 Å². The van der Waals surface area contributed by atoms with Crippen molar-refractivity contribution in [2.45, 2.75) is 10.9 Å². The lowest BCUT2D eigenvalue weighted by atomic mass is 9.77. The molecule has 5 aromatic carbocycles. The Balaban J connectivity index is 1.68. The highest BCUT2D eigenvalue weighted by Gasteiger charge is 2.42. The van der Waals surface area contributed by atoms with Gasteiger partial charge in [-0.3, -0.25) is 0 Å². The molecule has 39 heavy (non-hydrogen) atoms. The molecule has 0 saturated heterocycles. The molecule has 0 aliphatic carbocycles. The molecule has 0 amide bonds. The highest BCUT2D eigenvalue weighted by Crippen LogP contribution is 2.43. The largest absolute Gasteiger partial charge is 0.205 e. The first kappa shape index (κ1) is 25.2. The molecule has 6 rings (SSSR count). The van der Waals surface area contributed by atoms with E-state index in [0.717, 1.165) is 38.7 Å². The Morgan fingerprint density at radius 1 is 0.641 bits per heavy atom. The third-order valence-electron chi connectivity index (χ3n) is 7.00. The van der Waals surface area contributed by atoms with Crippen molar-refractivity contribution in [2.24, 2.45) is 0 Å². The van der Waals surface area contributed by atoms with E-state index in [0.29, 0.717) is 10.8 Å². The van der Waals surface area contributed by atoms with Crippen LogP contribution in [0.3, 0.4) is 0 Å². The number of alkyl halides is 1. The predicted molar refractivity (Wildman–Crippen MR) is 161 cm³/mol. The molecule has 0 aliphatic heterocycles. The maximum Gasteiger partial charge on any atom is 0.184 e. The van der Waals surface area contributed by atoms with Crippen molar-refractivity contribution < 1.29 is 0 Å². The van der Waals surface area contributed by atoms with Gasteiger partial charge in [0.05, 0.1) is 0 Å². The van der Waals surface area contributed by atoms with Crippen LogP contribution < -0.4 is 0 Å². The van der Waals surface area contributed by atoms with Crippen LogP contribution in [0, 0.1) is 0 Å². The van der Waals surface area contributed by atoms with Crippen LogP contribution in [-0.2, 0) is 10.9 Å². The van der Waals surface area contributed by atoms with Gasteiger partial charge in [0.25, 0.3) is 0 Å². The van der Waals surface area contributed by atoms with Gasteiger partial charge in [-0.2, -0.15) is 0 Å². The average molecular weight is 592 g/mol. The number of hydrogen-bond acceptors (Lipinski definition) is 3. The van der Waals surface area contributed by atoms with Crippen LogP contribution in [-0.4, -0.2) is 20.2 Å². The maximum absolute atomic E-state index is 6.60. The monoisotopic (exact) mass is 590 g/mol. The number of rotatable bonds is 7. The van der Waals surface area contributed by atoms with Crippen LogP contribution in [0.2, 0.25) is 5.02 Å². The minimum absolute atomic E-state index is 0.616. The van der Waals surface area contributed by atoms with Crippen LogP contribution in [0.15, 0.2) is 133 Å². The van der Waals surface area contributed by atoms with Gasteiger partial charge in [-0.05, 0) is 55.9 Å². The molecule has 0 atom stereocenters. The second-order valence-electron chi connectivity index (χ2n) is 9.24. The molecule has 0 aliphatic rings. The molecule has 4 nitrogen and oxygen atoms in total. The Bertz CT molecular complexity index is 1590. The highest BCUT2D eigenvalue weighted by molar-refractivity contribution is 9.08. The Morgan fingerprint density at radius 3 is 1.69 bits per heavy atom. The minimum Gasteiger partial charge on any atom is -0.205 e. The Kier molecular flexibility index (Phi) is 7.10. The summed E-state index contributed by atoms with van der Waals surface area (Å²) < 4.78 is 1.94. The Hall–Kier alpha value is -4.06. The number of nitrogens with zero attached hydrogens (tertiary/aromatic N) is 4. The van der Waals surface area contributed by atoms with E-state index in [1.165, 1.54) is 5.56 Å². The third kappa shape index (κ3) is 4.58. The number of benzene rings is 5. The van der Waals surface area contributed by atoms with Crippen molar-refractivity contribution in [1.29, 1.82) is 0 Å². The van der Waals surface area contributed by atoms with Crippen LogP contribution >= 0.6 is 27.5 Å². The van der Waals surface area contributed by atoms with Gasteiger partial charge < -0.3 is 0 Å². The van der Waals surface area contributed by atoms with Gasteiger partial charge in [0, 0.05) is 15.9 Å². The van der Waals surface area contributed by atoms with Crippen molar-refractivity contribution in [2.75, 3.05) is 0 Å². The molecule has 0 unspecified atom stereocenters. The lowest BCUT2D eigenvalue weighted by Gasteiger charge is -2.36. The van der Waals surface area contributed by atoms with Crippen LogP contribution in [0.25, 0.3) is 22.5 Å². The molecule has 0 spiro atoms. The summed E-state index contributed by atoms with van der Waals surface area (Å²) in [4.78, 5) is 0. The number of halogens is 2. The number of aromatic nitrogens is 4. The second kappa shape index (κ2) is 11.0. The zero-order valence-electron chi connectivity index (χ0n) is 21.0. The fourth-order valence-corrected chi connectivity index (χ4v) is 5.76. The maximum atomic E-state index is 6.60. The standard InChI is InChI=1S/C33H24BrClN4/c34-23-24-16-18-25(19-17-24)30-21-20-29(35)22-31(30)32-36-37-38-39(32)33(26-10-4-1-5-11-26,27-12-6-2-7-13-27)28-14-8-3-9-15-28/h1-22H,23H2. The van der Waals surface area contributed by atoms with Gasteiger partial charge in [0.1, 0.15) is 5.54 Å². The van der Waals surface area contributed by atoms with E-state index in [9.17, 15) is 0 Å². The van der Waals surface area contributed by atoms with Crippen molar-refractivity contribution in [3.8, 4) is 22.5 Å². The van der Waals surface area contributed by atoms with Crippen LogP contribution in [0.4, 0.5) is 0 Å². The molecule has 6 aromatic rings. The van der Waals surface area contributed by atoms with E-state index >= 15 is 0 Å². The summed E-state index contributed by atoms with van der Waals surface area (Å²) in [5, 5.41) is 15.0. The van der Waals surface area contributed by atoms with E-state index < -0.39 is 5.54 Å². The summed E-state index contributed by atoms with van der Waals surface area (Å²) in [6, 6.07) is 45.5. The lowest BCUT2D eigenvalue weighted by molar-refractivity contribution is 0.451. The van der Waals surface area contributed by atoms with Gasteiger partial charge in [-0.1, -0.05) is 149 Å². The fourth-order valence-electron chi connectivity index (χ4n) is 5.21. The van der Waals surface area contributed by atoms with Gasteiger partial charge in [0.15, 0.2) is 5.82 Å². The van der Waals surface area contributed by atoms with E-state index in [1.807, 2.05) is 41.1 Å². The summed E-state index contributed by atoms with van der Waals surface area (Å²) in [6.07, 6.45) is 0. The average Bonchev–Trinajstić information content (AvgIpc) is 3.49. The molecular weight excluding hydrogens is 568 g/mol. The van der Waals surface area contributed by atoms with Gasteiger partial charge in [-0.25, -0.2) is 4.68 Å². The van der Waals surface area contributed by atoms with Gasteiger partial charge in [-0.15, -0.1) is 5.10 Å². The molecule has 1 heterocycles. The predicted octanol–water partition coefficient (Wildman–Crippen LogP) is 8.40. The first-order valence-corrected chi connectivity index (χ1v) is 14.1. The van der Waals surface area contributed by atoms with Crippen LogP contribution in [0.5, 0.6) is 0 Å². The van der Waals surface area contributed by atoms with E-state index in [1.54, 1.807) is 0 Å². The minimum atomic E-state index is -0.845. The molecule has 0 radical (unpaired) electrons. The van der Waals surface area contributed by atoms with Gasteiger partial charge >= 0.3 is 0 Å². The SMILES string of the molecule is Clc1ccc(-c2ccc(CBr)cc2)c(-c2nnnn2C(c2ccccc2)(c2ccccc2)c2ccccc2)c1. The fraction of sp³-hybridized carbons (Fsp3) is 0.0606. The van der Waals surface area contributed by atoms with E-state index in [-0.39, 0.29) is 0 Å². The highest BCUT2D eigenvalue weighted by atomic mass is 79.9. The van der Waals surface area contributed by atoms with Crippen molar-refractivity contribution >= 4 is 27.5 Å². The number of hydrogen-bond donors (Lipinski definition) is 0. The summed E-state index contributed by atoms with van der Waals surface area (Å²) in [5.74, 6) is 0.619. The molecule has 190 valence electrons. The molecule has 0 fully saturated rings. The molecule has 0 N–H and O–H groups in total. The Morgan fingerprint density at radius 2 is 1.18 bits per heavy atom. The normalized spacial score (nSPS) is 11.4.